The van der Waals surface area contributed by atoms with Crippen LogP contribution in [-0.4, -0.2) is 31.1 Å². The van der Waals surface area contributed by atoms with Gasteiger partial charge in [-0.25, -0.2) is 9.37 Å². The molecule has 0 saturated carbocycles. The third-order valence-electron chi connectivity index (χ3n) is 4.59. The van der Waals surface area contributed by atoms with Crippen LogP contribution in [0.2, 0.25) is 0 Å². The van der Waals surface area contributed by atoms with Crippen LogP contribution in [0.4, 0.5) is 10.2 Å². The summed E-state index contributed by atoms with van der Waals surface area (Å²) in [5.41, 5.74) is 1.19. The van der Waals surface area contributed by atoms with Gasteiger partial charge in [0.1, 0.15) is 21.6 Å². The molecule has 3 heterocycles. The van der Waals surface area contributed by atoms with Crippen molar-refractivity contribution >= 4 is 51.7 Å². The number of nitrogens with one attached hydrogen (secondary N) is 1. The van der Waals surface area contributed by atoms with Gasteiger partial charge in [0.2, 0.25) is 0 Å². The highest BCUT2D eigenvalue weighted by atomic mass is 32.2. The predicted molar refractivity (Wildman–Crippen MR) is 125 cm³/mol. The van der Waals surface area contributed by atoms with E-state index < -0.39 is 0 Å². The Morgan fingerprint density at radius 2 is 1.97 bits per heavy atom. The summed E-state index contributed by atoms with van der Waals surface area (Å²) in [6, 6.07) is 11.1. The smallest absolute Gasteiger partial charge is 0.267 e. The summed E-state index contributed by atoms with van der Waals surface area (Å²) >= 11 is 6.49. The van der Waals surface area contributed by atoms with Crippen molar-refractivity contribution in [3.63, 3.8) is 0 Å². The number of thiocarbonyl (C=S) groups is 1. The number of fused-ring (bicyclic) bond motifs is 1. The molecule has 0 atom stereocenters. The van der Waals surface area contributed by atoms with Gasteiger partial charge in [-0.3, -0.25) is 18.9 Å². The zero-order valence-electron chi connectivity index (χ0n) is 16.2. The lowest BCUT2D eigenvalue weighted by molar-refractivity contribution is -0.122. The van der Waals surface area contributed by atoms with Crippen LogP contribution in [0.3, 0.4) is 0 Å². The maximum Gasteiger partial charge on any atom is 0.267 e. The first kappa shape index (κ1) is 21.0. The van der Waals surface area contributed by atoms with Crippen molar-refractivity contribution in [3.8, 4) is 0 Å². The van der Waals surface area contributed by atoms with Gasteiger partial charge in [0, 0.05) is 12.7 Å². The molecule has 1 aliphatic heterocycles. The minimum atomic E-state index is -0.349. The molecule has 156 valence electrons. The molecule has 3 aromatic rings. The second-order valence-corrected chi connectivity index (χ2v) is 8.35. The van der Waals surface area contributed by atoms with Crippen LogP contribution >= 0.6 is 24.0 Å². The first-order chi connectivity index (χ1) is 15.0. The fourth-order valence-electron chi connectivity index (χ4n) is 3.08. The molecule has 1 saturated heterocycles. The number of carbonyl (C=O) groups excluding carboxylic acids is 1. The molecule has 4 rings (SSSR count). The zero-order chi connectivity index (χ0) is 22.0. The van der Waals surface area contributed by atoms with Gasteiger partial charge >= 0.3 is 0 Å². The molecule has 0 unspecified atom stereocenters. The minimum absolute atomic E-state index is 0.221. The molecule has 1 fully saturated rings. The topological polar surface area (TPSA) is 66.7 Å². The monoisotopic (exact) mass is 452 g/mol. The molecule has 6 nitrogen and oxygen atoms in total. The van der Waals surface area contributed by atoms with Crippen molar-refractivity contribution in [2.24, 2.45) is 0 Å². The Morgan fingerprint density at radius 3 is 2.71 bits per heavy atom. The van der Waals surface area contributed by atoms with E-state index >= 15 is 0 Å². The van der Waals surface area contributed by atoms with E-state index in [1.54, 1.807) is 42.6 Å². The minimum Gasteiger partial charge on any atom is -0.366 e. The number of hydrogen-bond acceptors (Lipinski definition) is 6. The zero-order valence-corrected chi connectivity index (χ0v) is 17.9. The molecule has 9 heteroatoms. The summed E-state index contributed by atoms with van der Waals surface area (Å²) in [5, 5.41) is 3.06. The lowest BCUT2D eigenvalue weighted by atomic mass is 10.2. The summed E-state index contributed by atoms with van der Waals surface area (Å²) < 4.78 is 15.0. The third kappa shape index (κ3) is 4.28. The number of rotatable bonds is 6. The number of halogens is 1. The number of benzene rings is 1. The Hall–Kier alpha value is -3.30. The highest BCUT2D eigenvalue weighted by molar-refractivity contribution is 8.26. The molecule has 0 bridgehead atoms. The number of anilines is 1. The molecule has 1 aromatic carbocycles. The summed E-state index contributed by atoms with van der Waals surface area (Å²) in [4.78, 5) is 32.4. The van der Waals surface area contributed by atoms with Gasteiger partial charge in [0.15, 0.2) is 0 Å². The Balaban J connectivity index is 1.72. The van der Waals surface area contributed by atoms with E-state index in [0.29, 0.717) is 27.2 Å². The molecular weight excluding hydrogens is 435 g/mol. The highest BCUT2D eigenvalue weighted by Crippen LogP contribution is 2.34. The van der Waals surface area contributed by atoms with Crippen LogP contribution in [0.25, 0.3) is 11.7 Å². The molecule has 0 spiro atoms. The standard InChI is InChI=1S/C22H17FN4O2S2/c1-2-10-24-19-16(20(28)26-11-4-3-5-18(26)25-19)12-17-21(29)27(22(30)31-17)13-14-6-8-15(23)9-7-14/h2-9,11-12,24H,1,10,13H2. The molecule has 1 aliphatic rings. The van der Waals surface area contributed by atoms with Crippen LogP contribution in [0.15, 0.2) is 71.0 Å². The second-order valence-electron chi connectivity index (χ2n) is 6.67. The SMILES string of the molecule is C=CCNc1nc2ccccn2c(=O)c1C=C1SC(=S)N(Cc2ccc(F)cc2)C1=O. The number of thioether (sulfide) groups is 1. The molecule has 31 heavy (non-hydrogen) atoms. The molecule has 1 amide bonds. The number of nitrogens with zero attached hydrogens (tertiary/aromatic N) is 3. The Kier molecular flexibility index (Phi) is 5.97. The van der Waals surface area contributed by atoms with Gasteiger partial charge in [-0.1, -0.05) is 48.3 Å². The fourth-order valence-corrected chi connectivity index (χ4v) is 4.31. The average molecular weight is 453 g/mol. The molecule has 2 aromatic heterocycles. The van der Waals surface area contributed by atoms with Gasteiger partial charge in [0.05, 0.1) is 17.0 Å². The Bertz CT molecular complexity index is 1280. The van der Waals surface area contributed by atoms with Gasteiger partial charge in [-0.05, 0) is 35.9 Å². The molecule has 0 radical (unpaired) electrons. The fraction of sp³-hybridized carbons (Fsp3) is 0.0909. The van der Waals surface area contributed by atoms with Crippen molar-refractivity contribution in [2.45, 2.75) is 6.54 Å². The largest absolute Gasteiger partial charge is 0.366 e. The van der Waals surface area contributed by atoms with Crippen molar-refractivity contribution in [1.82, 2.24) is 14.3 Å². The Morgan fingerprint density at radius 1 is 1.19 bits per heavy atom. The number of amides is 1. The van der Waals surface area contributed by atoms with Gasteiger partial charge in [-0.15, -0.1) is 6.58 Å². The van der Waals surface area contributed by atoms with Crippen LogP contribution in [-0.2, 0) is 11.3 Å². The molecular formula is C22H17FN4O2S2. The number of carbonyl (C=O) groups is 1. The maximum atomic E-state index is 13.2. The van der Waals surface area contributed by atoms with Crippen LogP contribution in [0.5, 0.6) is 0 Å². The lowest BCUT2D eigenvalue weighted by Crippen LogP contribution is -2.27. The first-order valence-corrected chi connectivity index (χ1v) is 10.6. The van der Waals surface area contributed by atoms with Crippen LogP contribution < -0.4 is 10.9 Å². The van der Waals surface area contributed by atoms with E-state index in [4.69, 9.17) is 12.2 Å². The van der Waals surface area contributed by atoms with Crippen molar-refractivity contribution < 1.29 is 9.18 Å². The highest BCUT2D eigenvalue weighted by Gasteiger charge is 2.32. The molecule has 0 aliphatic carbocycles. The van der Waals surface area contributed by atoms with Crippen molar-refractivity contribution in [2.75, 3.05) is 11.9 Å². The number of hydrogen-bond donors (Lipinski definition) is 1. The van der Waals surface area contributed by atoms with Crippen LogP contribution in [0, 0.1) is 5.82 Å². The Labute approximate surface area is 187 Å². The van der Waals surface area contributed by atoms with E-state index in [2.05, 4.69) is 16.9 Å². The van der Waals surface area contributed by atoms with Crippen molar-refractivity contribution in [3.05, 3.63) is 93.5 Å². The summed E-state index contributed by atoms with van der Waals surface area (Å²) in [5.74, 6) is -0.302. The summed E-state index contributed by atoms with van der Waals surface area (Å²) in [6.07, 6.45) is 4.80. The second kappa shape index (κ2) is 8.83. The van der Waals surface area contributed by atoms with E-state index in [-0.39, 0.29) is 29.4 Å². The average Bonchev–Trinajstić information content (AvgIpc) is 3.03. The van der Waals surface area contributed by atoms with E-state index in [0.717, 1.165) is 17.3 Å². The summed E-state index contributed by atoms with van der Waals surface area (Å²) in [6.45, 7) is 4.30. The van der Waals surface area contributed by atoms with E-state index in [1.807, 2.05) is 0 Å². The molecule has 1 N–H and O–H groups in total. The van der Waals surface area contributed by atoms with Gasteiger partial charge in [0.25, 0.3) is 11.5 Å². The number of aromatic nitrogens is 2. The van der Waals surface area contributed by atoms with Gasteiger partial charge in [-0.2, -0.15) is 0 Å². The van der Waals surface area contributed by atoms with Gasteiger partial charge < -0.3 is 5.32 Å². The van der Waals surface area contributed by atoms with E-state index in [9.17, 15) is 14.0 Å². The lowest BCUT2D eigenvalue weighted by Gasteiger charge is -2.14. The van der Waals surface area contributed by atoms with E-state index in [1.165, 1.54) is 27.5 Å². The number of pyridine rings is 1. The van der Waals surface area contributed by atoms with Crippen LogP contribution in [0.1, 0.15) is 11.1 Å². The predicted octanol–water partition coefficient (Wildman–Crippen LogP) is 3.83. The third-order valence-corrected chi connectivity index (χ3v) is 5.96. The first-order valence-electron chi connectivity index (χ1n) is 9.34. The van der Waals surface area contributed by atoms with Crippen molar-refractivity contribution in [1.29, 1.82) is 0 Å². The quantitative estimate of drug-likeness (QED) is 0.348. The maximum absolute atomic E-state index is 13.2. The normalized spacial score (nSPS) is 15.1. The summed E-state index contributed by atoms with van der Waals surface area (Å²) in [7, 11) is 0.